The average molecular weight is 183 g/mol. The molecule has 0 aliphatic carbocycles. The van der Waals surface area contributed by atoms with Crippen LogP contribution in [0.2, 0.25) is 0 Å². The van der Waals surface area contributed by atoms with Crippen LogP contribution >= 0.6 is 0 Å². The van der Waals surface area contributed by atoms with E-state index in [4.69, 9.17) is 0 Å². The maximum absolute atomic E-state index is 3.60. The van der Waals surface area contributed by atoms with Gasteiger partial charge in [0.15, 0.2) is 0 Å². The zero-order chi connectivity index (χ0) is 9.52. The fourth-order valence-corrected chi connectivity index (χ4v) is 2.25. The van der Waals surface area contributed by atoms with E-state index in [1.807, 2.05) is 0 Å². The van der Waals surface area contributed by atoms with Gasteiger partial charge >= 0.3 is 0 Å². The molecule has 2 unspecified atom stereocenters. The fraction of sp³-hybridized carbons (Fsp3) is 1.00. The molecule has 0 bridgehead atoms. The summed E-state index contributed by atoms with van der Waals surface area (Å²) >= 11 is 0. The molecule has 1 heterocycles. The van der Waals surface area contributed by atoms with Gasteiger partial charge in [-0.15, -0.1) is 0 Å². The molecule has 0 amide bonds. The molecule has 1 saturated heterocycles. The third-order valence-electron chi connectivity index (χ3n) is 3.31. The van der Waals surface area contributed by atoms with Crippen molar-refractivity contribution in [3.05, 3.63) is 0 Å². The third kappa shape index (κ3) is 4.12. The van der Waals surface area contributed by atoms with Crippen LogP contribution in [0.3, 0.4) is 0 Å². The summed E-state index contributed by atoms with van der Waals surface area (Å²) in [6, 6.07) is 0.835. The van der Waals surface area contributed by atoms with Crippen molar-refractivity contribution in [2.24, 2.45) is 5.92 Å². The van der Waals surface area contributed by atoms with E-state index < -0.39 is 0 Å². The Kier molecular flexibility index (Phi) is 5.45. The van der Waals surface area contributed by atoms with Gasteiger partial charge in [-0.1, -0.05) is 46.0 Å². The summed E-state index contributed by atoms with van der Waals surface area (Å²) in [5.74, 6) is 0.922. The van der Waals surface area contributed by atoms with Crippen molar-refractivity contribution in [2.45, 2.75) is 64.8 Å². The predicted octanol–water partition coefficient (Wildman–Crippen LogP) is 3.34. The number of hydrogen-bond acceptors (Lipinski definition) is 1. The van der Waals surface area contributed by atoms with Crippen molar-refractivity contribution in [1.82, 2.24) is 5.32 Å². The first-order valence-electron chi connectivity index (χ1n) is 6.08. The highest BCUT2D eigenvalue weighted by Crippen LogP contribution is 2.19. The molecule has 0 aromatic carbocycles. The Morgan fingerprint density at radius 2 is 1.92 bits per heavy atom. The Labute approximate surface area is 83.3 Å². The lowest BCUT2D eigenvalue weighted by Crippen LogP contribution is -2.25. The van der Waals surface area contributed by atoms with Crippen molar-refractivity contribution in [3.8, 4) is 0 Å². The summed E-state index contributed by atoms with van der Waals surface area (Å²) in [5, 5.41) is 3.60. The summed E-state index contributed by atoms with van der Waals surface area (Å²) in [6.07, 6.45) is 9.90. The van der Waals surface area contributed by atoms with Crippen molar-refractivity contribution in [3.63, 3.8) is 0 Å². The van der Waals surface area contributed by atoms with E-state index in [-0.39, 0.29) is 0 Å². The van der Waals surface area contributed by atoms with Crippen molar-refractivity contribution in [1.29, 1.82) is 0 Å². The van der Waals surface area contributed by atoms with E-state index in [1.54, 1.807) is 0 Å². The van der Waals surface area contributed by atoms with Gasteiger partial charge in [-0.25, -0.2) is 0 Å². The second-order valence-corrected chi connectivity index (χ2v) is 4.53. The molecule has 0 radical (unpaired) electrons. The van der Waals surface area contributed by atoms with E-state index in [0.29, 0.717) is 0 Å². The Balaban J connectivity index is 1.93. The minimum Gasteiger partial charge on any atom is -0.314 e. The molecule has 1 heteroatoms. The maximum Gasteiger partial charge on any atom is 0.00931 e. The van der Waals surface area contributed by atoms with Gasteiger partial charge < -0.3 is 5.32 Å². The second kappa shape index (κ2) is 6.42. The molecule has 0 aromatic heterocycles. The van der Waals surface area contributed by atoms with E-state index in [9.17, 15) is 0 Å². The highest BCUT2D eigenvalue weighted by molar-refractivity contribution is 4.80. The molecular formula is C12H25N. The second-order valence-electron chi connectivity index (χ2n) is 4.53. The maximum atomic E-state index is 3.60. The normalized spacial score (nSPS) is 28.2. The molecule has 1 fully saturated rings. The molecule has 1 aliphatic heterocycles. The lowest BCUT2D eigenvalue weighted by atomic mass is 9.97. The van der Waals surface area contributed by atoms with Crippen LogP contribution < -0.4 is 5.32 Å². The Bertz CT molecular complexity index is 122. The molecule has 1 nitrogen and oxygen atoms in total. The summed E-state index contributed by atoms with van der Waals surface area (Å²) in [5.41, 5.74) is 0. The topological polar surface area (TPSA) is 12.0 Å². The number of nitrogens with one attached hydrogen (secondary N) is 1. The van der Waals surface area contributed by atoms with Crippen LogP contribution in [-0.2, 0) is 0 Å². The van der Waals surface area contributed by atoms with Crippen molar-refractivity contribution >= 4 is 0 Å². The Morgan fingerprint density at radius 1 is 1.15 bits per heavy atom. The summed E-state index contributed by atoms with van der Waals surface area (Å²) in [6.45, 7) is 5.91. The van der Waals surface area contributed by atoms with Gasteiger partial charge in [-0.3, -0.25) is 0 Å². The smallest absolute Gasteiger partial charge is 0.00931 e. The number of rotatable bonds is 6. The van der Waals surface area contributed by atoms with Crippen LogP contribution in [0.4, 0.5) is 0 Å². The molecule has 78 valence electrons. The van der Waals surface area contributed by atoms with Gasteiger partial charge in [0, 0.05) is 6.04 Å². The minimum absolute atomic E-state index is 0.835. The summed E-state index contributed by atoms with van der Waals surface area (Å²) in [4.78, 5) is 0. The SMILES string of the molecule is CCCCCCCC1NCCC1C. The van der Waals surface area contributed by atoms with Gasteiger partial charge in [0.25, 0.3) is 0 Å². The van der Waals surface area contributed by atoms with Gasteiger partial charge in [-0.05, 0) is 25.3 Å². The lowest BCUT2D eigenvalue weighted by molar-refractivity contribution is 0.430. The average Bonchev–Trinajstić information content (AvgIpc) is 2.52. The van der Waals surface area contributed by atoms with Crippen LogP contribution in [0.15, 0.2) is 0 Å². The standard InChI is InChI=1S/C12H25N/c1-3-4-5-6-7-8-12-11(2)9-10-13-12/h11-13H,3-10H2,1-2H3. The molecule has 2 atom stereocenters. The highest BCUT2D eigenvalue weighted by atomic mass is 14.9. The van der Waals surface area contributed by atoms with E-state index >= 15 is 0 Å². The van der Waals surface area contributed by atoms with Crippen molar-refractivity contribution < 1.29 is 0 Å². The molecule has 1 N–H and O–H groups in total. The number of hydrogen-bond donors (Lipinski definition) is 1. The molecule has 1 aliphatic rings. The third-order valence-corrected chi connectivity index (χ3v) is 3.31. The molecule has 13 heavy (non-hydrogen) atoms. The first kappa shape index (κ1) is 11.0. The summed E-state index contributed by atoms with van der Waals surface area (Å²) in [7, 11) is 0. The number of unbranched alkanes of at least 4 members (excludes halogenated alkanes) is 4. The van der Waals surface area contributed by atoms with Crippen LogP contribution in [-0.4, -0.2) is 12.6 Å². The first-order chi connectivity index (χ1) is 6.34. The Hall–Kier alpha value is -0.0400. The minimum atomic E-state index is 0.835. The van der Waals surface area contributed by atoms with E-state index in [1.165, 1.54) is 51.5 Å². The van der Waals surface area contributed by atoms with E-state index in [2.05, 4.69) is 19.2 Å². The lowest BCUT2D eigenvalue weighted by Gasteiger charge is -2.14. The van der Waals surface area contributed by atoms with Gasteiger partial charge in [0.05, 0.1) is 0 Å². The zero-order valence-corrected chi connectivity index (χ0v) is 9.31. The molecule has 0 aromatic rings. The fourth-order valence-electron chi connectivity index (χ4n) is 2.25. The molecular weight excluding hydrogens is 158 g/mol. The van der Waals surface area contributed by atoms with Crippen LogP contribution in [0, 0.1) is 5.92 Å². The van der Waals surface area contributed by atoms with Gasteiger partial charge in [0.1, 0.15) is 0 Å². The molecule has 0 saturated carbocycles. The Morgan fingerprint density at radius 3 is 2.54 bits per heavy atom. The predicted molar refractivity (Wildman–Crippen MR) is 58.9 cm³/mol. The molecule has 1 rings (SSSR count). The van der Waals surface area contributed by atoms with Crippen molar-refractivity contribution in [2.75, 3.05) is 6.54 Å². The molecule has 0 spiro atoms. The van der Waals surface area contributed by atoms with Crippen LogP contribution in [0.1, 0.15) is 58.8 Å². The van der Waals surface area contributed by atoms with Gasteiger partial charge in [-0.2, -0.15) is 0 Å². The monoisotopic (exact) mass is 183 g/mol. The highest BCUT2D eigenvalue weighted by Gasteiger charge is 2.21. The van der Waals surface area contributed by atoms with Crippen LogP contribution in [0.5, 0.6) is 0 Å². The first-order valence-corrected chi connectivity index (χ1v) is 6.08. The summed E-state index contributed by atoms with van der Waals surface area (Å²) < 4.78 is 0. The van der Waals surface area contributed by atoms with E-state index in [0.717, 1.165) is 12.0 Å². The zero-order valence-electron chi connectivity index (χ0n) is 9.31. The quantitative estimate of drug-likeness (QED) is 0.623. The van der Waals surface area contributed by atoms with Gasteiger partial charge in [0.2, 0.25) is 0 Å². The van der Waals surface area contributed by atoms with Crippen LogP contribution in [0.25, 0.3) is 0 Å². The largest absolute Gasteiger partial charge is 0.314 e.